The number of aryl methyl sites for hydroxylation is 1. The monoisotopic (exact) mass is 499 g/mol. The highest BCUT2D eigenvalue weighted by molar-refractivity contribution is 7.13. The molecule has 0 unspecified atom stereocenters. The van der Waals surface area contributed by atoms with E-state index < -0.39 is 0 Å². The number of rotatable bonds is 4. The van der Waals surface area contributed by atoms with E-state index in [1.807, 2.05) is 17.5 Å². The first-order chi connectivity index (χ1) is 17.5. The van der Waals surface area contributed by atoms with Crippen LogP contribution in [-0.4, -0.2) is 45.9 Å². The first-order valence-corrected chi connectivity index (χ1v) is 12.8. The van der Waals surface area contributed by atoms with Crippen LogP contribution in [0.4, 0.5) is 21.8 Å². The molecule has 0 amide bonds. The summed E-state index contributed by atoms with van der Waals surface area (Å²) in [6, 6.07) is 16.7. The number of hydrogen-bond acceptors (Lipinski definition) is 7. The number of aromatic nitrogens is 4. The van der Waals surface area contributed by atoms with Crippen molar-refractivity contribution in [2.24, 2.45) is 0 Å². The lowest BCUT2D eigenvalue weighted by Crippen LogP contribution is -2.47. The summed E-state index contributed by atoms with van der Waals surface area (Å²) in [5, 5.41) is 7.37. The average Bonchev–Trinajstić information content (AvgIpc) is 3.54. The van der Waals surface area contributed by atoms with Gasteiger partial charge in [-0.25, -0.2) is 14.1 Å². The highest BCUT2D eigenvalue weighted by Gasteiger charge is 2.25. The van der Waals surface area contributed by atoms with Crippen molar-refractivity contribution in [3.63, 3.8) is 0 Å². The quantitative estimate of drug-likeness (QED) is 0.366. The molecule has 4 heterocycles. The Balaban J connectivity index is 1.38. The fourth-order valence-corrected chi connectivity index (χ4v) is 5.48. The standard InChI is InChI=1S/C27H26FN7S/c1-17-6-3-9-21(18(17)2)33-11-13-34(14-12-33)27-30-24(22-10-5-15-36-22)23-25(29)35(32-26(23)31-27)20-8-4-7-19(28)16-20/h3-10,15-16H,11-14,29H2,1-2H3. The number of halogens is 1. The van der Waals surface area contributed by atoms with Crippen LogP contribution < -0.4 is 15.5 Å². The van der Waals surface area contributed by atoms with Gasteiger partial charge in [0.15, 0.2) is 5.65 Å². The van der Waals surface area contributed by atoms with Gasteiger partial charge in [-0.2, -0.15) is 4.98 Å². The number of anilines is 3. The maximum Gasteiger partial charge on any atom is 0.228 e. The molecule has 36 heavy (non-hydrogen) atoms. The molecule has 2 N–H and O–H groups in total. The van der Waals surface area contributed by atoms with Crippen LogP contribution in [0.15, 0.2) is 60.0 Å². The molecule has 1 fully saturated rings. The lowest BCUT2D eigenvalue weighted by molar-refractivity contribution is 0.625. The molecule has 0 radical (unpaired) electrons. The van der Waals surface area contributed by atoms with E-state index in [4.69, 9.17) is 15.7 Å². The summed E-state index contributed by atoms with van der Waals surface area (Å²) in [5.74, 6) is 0.680. The molecule has 3 aromatic heterocycles. The Morgan fingerprint density at radius 2 is 1.69 bits per heavy atom. The number of nitrogens with two attached hydrogens (primary N) is 1. The molecule has 0 aliphatic carbocycles. The van der Waals surface area contributed by atoms with Gasteiger partial charge in [0.2, 0.25) is 5.95 Å². The van der Waals surface area contributed by atoms with Gasteiger partial charge in [-0.3, -0.25) is 0 Å². The van der Waals surface area contributed by atoms with Crippen LogP contribution in [0, 0.1) is 19.7 Å². The zero-order valence-corrected chi connectivity index (χ0v) is 21.0. The predicted octanol–water partition coefficient (Wildman–Crippen LogP) is 5.21. The minimum absolute atomic E-state index is 0.349. The summed E-state index contributed by atoms with van der Waals surface area (Å²) in [7, 11) is 0. The molecule has 9 heteroatoms. The maximum atomic E-state index is 13.9. The molecule has 2 aromatic carbocycles. The SMILES string of the molecule is Cc1cccc(N2CCN(c3nc(-c4cccs4)c4c(N)n(-c5cccc(F)c5)nc4n3)CC2)c1C. The van der Waals surface area contributed by atoms with Gasteiger partial charge in [-0.1, -0.05) is 24.3 Å². The van der Waals surface area contributed by atoms with Crippen LogP contribution in [0.25, 0.3) is 27.3 Å². The van der Waals surface area contributed by atoms with Gasteiger partial charge >= 0.3 is 0 Å². The van der Waals surface area contributed by atoms with Crippen LogP contribution in [0.1, 0.15) is 11.1 Å². The molecule has 0 spiro atoms. The highest BCUT2D eigenvalue weighted by Crippen LogP contribution is 2.36. The molecule has 7 nitrogen and oxygen atoms in total. The zero-order valence-electron chi connectivity index (χ0n) is 20.1. The van der Waals surface area contributed by atoms with Crippen LogP contribution in [0.2, 0.25) is 0 Å². The number of nitrogens with zero attached hydrogens (tertiary/aromatic N) is 6. The highest BCUT2D eigenvalue weighted by atomic mass is 32.1. The van der Waals surface area contributed by atoms with Crippen molar-refractivity contribution in [2.45, 2.75) is 13.8 Å². The van der Waals surface area contributed by atoms with Gasteiger partial charge in [0, 0.05) is 31.9 Å². The molecule has 1 aliphatic heterocycles. The lowest BCUT2D eigenvalue weighted by atomic mass is 10.1. The van der Waals surface area contributed by atoms with E-state index in [9.17, 15) is 4.39 Å². The average molecular weight is 500 g/mol. The normalized spacial score (nSPS) is 14.1. The van der Waals surface area contributed by atoms with E-state index in [1.54, 1.807) is 28.2 Å². The minimum Gasteiger partial charge on any atom is -0.383 e. The van der Waals surface area contributed by atoms with Gasteiger partial charge in [0.1, 0.15) is 11.6 Å². The van der Waals surface area contributed by atoms with Crippen LogP contribution in [0.5, 0.6) is 0 Å². The topological polar surface area (TPSA) is 76.1 Å². The van der Waals surface area contributed by atoms with Crippen molar-refractivity contribution in [3.05, 3.63) is 76.9 Å². The number of fused-ring (bicyclic) bond motifs is 1. The third-order valence-electron chi connectivity index (χ3n) is 6.84. The number of piperazine rings is 1. The van der Waals surface area contributed by atoms with Crippen molar-refractivity contribution < 1.29 is 4.39 Å². The van der Waals surface area contributed by atoms with Crippen molar-refractivity contribution in [1.29, 1.82) is 0 Å². The van der Waals surface area contributed by atoms with E-state index in [0.717, 1.165) is 36.8 Å². The number of thiophene rings is 1. The van der Waals surface area contributed by atoms with Crippen molar-refractivity contribution >= 4 is 39.8 Å². The van der Waals surface area contributed by atoms with E-state index >= 15 is 0 Å². The molecule has 1 aliphatic rings. The Morgan fingerprint density at radius 3 is 2.44 bits per heavy atom. The van der Waals surface area contributed by atoms with Crippen molar-refractivity contribution in [3.8, 4) is 16.3 Å². The molecular weight excluding hydrogens is 473 g/mol. The van der Waals surface area contributed by atoms with Gasteiger partial charge < -0.3 is 15.5 Å². The van der Waals surface area contributed by atoms with E-state index in [2.05, 4.69) is 46.9 Å². The van der Waals surface area contributed by atoms with Gasteiger partial charge in [-0.15, -0.1) is 16.4 Å². The van der Waals surface area contributed by atoms with Crippen LogP contribution in [-0.2, 0) is 0 Å². The number of nitrogen functional groups attached to an aromatic ring is 1. The van der Waals surface area contributed by atoms with E-state index in [0.29, 0.717) is 28.5 Å². The molecule has 0 atom stereocenters. The van der Waals surface area contributed by atoms with Gasteiger partial charge in [0.05, 0.1) is 21.6 Å². The minimum atomic E-state index is -0.349. The summed E-state index contributed by atoms with van der Waals surface area (Å²) in [6.45, 7) is 7.67. The van der Waals surface area contributed by atoms with Gasteiger partial charge in [0.25, 0.3) is 0 Å². The third-order valence-corrected chi connectivity index (χ3v) is 7.72. The first-order valence-electron chi connectivity index (χ1n) is 11.9. The Bertz CT molecular complexity index is 1550. The molecule has 0 saturated carbocycles. The Labute approximate surface area is 212 Å². The predicted molar refractivity (Wildman–Crippen MR) is 145 cm³/mol. The summed E-state index contributed by atoms with van der Waals surface area (Å²) in [4.78, 5) is 15.4. The molecule has 6 rings (SSSR count). The fraction of sp³-hybridized carbons (Fsp3) is 0.222. The fourth-order valence-electron chi connectivity index (χ4n) is 4.76. The Kier molecular flexibility index (Phi) is 5.56. The van der Waals surface area contributed by atoms with Crippen molar-refractivity contribution in [1.82, 2.24) is 19.7 Å². The Morgan fingerprint density at radius 1 is 0.917 bits per heavy atom. The Hall–Kier alpha value is -3.98. The molecule has 182 valence electrons. The molecule has 0 bridgehead atoms. The van der Waals surface area contributed by atoms with E-state index in [1.165, 1.54) is 28.9 Å². The molecule has 1 saturated heterocycles. The summed E-state index contributed by atoms with van der Waals surface area (Å²) < 4.78 is 15.5. The second-order valence-electron chi connectivity index (χ2n) is 9.02. The molecular formula is C27H26FN7S. The first kappa shape index (κ1) is 22.5. The van der Waals surface area contributed by atoms with Crippen LogP contribution >= 0.6 is 11.3 Å². The summed E-state index contributed by atoms with van der Waals surface area (Å²) in [6.07, 6.45) is 0. The summed E-state index contributed by atoms with van der Waals surface area (Å²) in [5.41, 5.74) is 12.3. The zero-order chi connectivity index (χ0) is 24.8. The second-order valence-corrected chi connectivity index (χ2v) is 9.97. The second kappa shape index (κ2) is 8.91. The largest absolute Gasteiger partial charge is 0.383 e. The number of hydrogen-bond donors (Lipinski definition) is 1. The van der Waals surface area contributed by atoms with E-state index in [-0.39, 0.29) is 5.82 Å². The van der Waals surface area contributed by atoms with Gasteiger partial charge in [-0.05, 0) is 60.7 Å². The lowest BCUT2D eigenvalue weighted by Gasteiger charge is -2.37. The smallest absolute Gasteiger partial charge is 0.228 e. The van der Waals surface area contributed by atoms with Crippen molar-refractivity contribution in [2.75, 3.05) is 41.7 Å². The van der Waals surface area contributed by atoms with Crippen LogP contribution in [0.3, 0.4) is 0 Å². The maximum absolute atomic E-state index is 13.9. The summed E-state index contributed by atoms with van der Waals surface area (Å²) >= 11 is 1.59. The molecule has 5 aromatic rings. The number of benzene rings is 2. The third kappa shape index (κ3) is 3.85.